The summed E-state index contributed by atoms with van der Waals surface area (Å²) in [6.45, 7) is 12.4. The number of hydrogen-bond acceptors (Lipinski definition) is 4. The Morgan fingerprint density at radius 1 is 1.28 bits per heavy atom. The molecule has 3 rings (SSSR count). The number of carbonyl (C=O) groups is 1. The molecule has 2 aliphatic rings. The van der Waals surface area contributed by atoms with Gasteiger partial charge in [0.1, 0.15) is 5.60 Å². The summed E-state index contributed by atoms with van der Waals surface area (Å²) in [6, 6.07) is 2.19. The van der Waals surface area contributed by atoms with Crippen LogP contribution in [0.25, 0.3) is 0 Å². The molecule has 0 radical (unpaired) electrons. The quantitative estimate of drug-likeness (QED) is 0.312. The van der Waals surface area contributed by atoms with Crippen LogP contribution in [0.15, 0.2) is 23.5 Å². The molecule has 2 heterocycles. The number of nitrogens with one attached hydrogen (secondary N) is 1. The predicted molar refractivity (Wildman–Crippen MR) is 138 cm³/mol. The van der Waals surface area contributed by atoms with Crippen LogP contribution in [0.1, 0.15) is 53.4 Å². The van der Waals surface area contributed by atoms with E-state index in [4.69, 9.17) is 4.74 Å². The minimum atomic E-state index is -0.460. The molecule has 1 unspecified atom stereocenters. The molecule has 1 saturated carbocycles. The largest absolute Gasteiger partial charge is 0.444 e. The lowest BCUT2D eigenvalue weighted by molar-refractivity contribution is 0.00927. The average molecular weight is 561 g/mol. The lowest BCUT2D eigenvalue weighted by Crippen LogP contribution is -2.53. The summed E-state index contributed by atoms with van der Waals surface area (Å²) in [4.78, 5) is 21.7. The van der Waals surface area contributed by atoms with E-state index in [0.717, 1.165) is 51.5 Å². The van der Waals surface area contributed by atoms with Gasteiger partial charge < -0.3 is 19.9 Å². The Labute approximate surface area is 210 Å². The standard InChI is InChI=1S/C23H40N6O2.HI/c1-18(16-28-12-6-11-26-28)15-25-21(24-5)27-13-9-20(10-14-27)29(17-19-7-8-19)22(30)31-23(2,3)4;/h6,11-12,18-20H,7-10,13-17H2,1-5H3,(H,24,25);1H. The van der Waals surface area contributed by atoms with Gasteiger partial charge in [0.25, 0.3) is 0 Å². The van der Waals surface area contributed by atoms with E-state index in [9.17, 15) is 4.79 Å². The fraction of sp³-hybridized carbons (Fsp3) is 0.783. The topological polar surface area (TPSA) is 75.0 Å². The summed E-state index contributed by atoms with van der Waals surface area (Å²) in [5.74, 6) is 2.03. The van der Waals surface area contributed by atoms with E-state index in [1.165, 1.54) is 12.8 Å². The third kappa shape index (κ3) is 8.44. The Morgan fingerprint density at radius 2 is 1.97 bits per heavy atom. The van der Waals surface area contributed by atoms with Crippen LogP contribution in [0.3, 0.4) is 0 Å². The van der Waals surface area contributed by atoms with Crippen molar-refractivity contribution in [3.8, 4) is 0 Å². The second-order valence-corrected chi connectivity index (χ2v) is 10.1. The van der Waals surface area contributed by atoms with E-state index < -0.39 is 5.60 Å². The molecule has 32 heavy (non-hydrogen) atoms. The second-order valence-electron chi connectivity index (χ2n) is 10.1. The molecular weight excluding hydrogens is 519 g/mol. The van der Waals surface area contributed by atoms with Gasteiger partial charge in [-0.1, -0.05) is 6.92 Å². The van der Waals surface area contributed by atoms with Crippen molar-refractivity contribution in [2.45, 2.75) is 71.6 Å². The Hall–Kier alpha value is -1.52. The second kappa shape index (κ2) is 12.1. The zero-order valence-corrected chi connectivity index (χ0v) is 22.6. The third-order valence-corrected chi connectivity index (χ3v) is 5.86. The van der Waals surface area contributed by atoms with Crippen LogP contribution in [0.4, 0.5) is 4.79 Å². The van der Waals surface area contributed by atoms with Crippen molar-refractivity contribution in [1.82, 2.24) is 24.9 Å². The molecule has 0 spiro atoms. The maximum atomic E-state index is 12.8. The van der Waals surface area contributed by atoms with Crippen molar-refractivity contribution in [2.24, 2.45) is 16.8 Å². The maximum Gasteiger partial charge on any atom is 0.410 e. The smallest absolute Gasteiger partial charge is 0.410 e. The van der Waals surface area contributed by atoms with Gasteiger partial charge in [-0.2, -0.15) is 5.10 Å². The van der Waals surface area contributed by atoms with Crippen LogP contribution in [-0.4, -0.2) is 76.5 Å². The molecule has 1 aromatic rings. The normalized spacial score (nSPS) is 18.7. The highest BCUT2D eigenvalue weighted by atomic mass is 127. The summed E-state index contributed by atoms with van der Waals surface area (Å²) >= 11 is 0. The highest BCUT2D eigenvalue weighted by Crippen LogP contribution is 2.32. The van der Waals surface area contributed by atoms with Crippen LogP contribution in [0, 0.1) is 11.8 Å². The zero-order chi connectivity index (χ0) is 22.4. The molecule has 8 nitrogen and oxygen atoms in total. The fourth-order valence-corrected chi connectivity index (χ4v) is 4.05. The van der Waals surface area contributed by atoms with E-state index in [1.807, 2.05) is 55.9 Å². The monoisotopic (exact) mass is 560 g/mol. The number of amides is 1. The lowest BCUT2D eigenvalue weighted by atomic mass is 10.0. The number of rotatable bonds is 7. The molecule has 1 amide bonds. The molecular formula is C23H41IN6O2. The number of likely N-dealkylation sites (tertiary alicyclic amines) is 1. The van der Waals surface area contributed by atoms with Gasteiger partial charge in [0.15, 0.2) is 5.96 Å². The molecule has 0 bridgehead atoms. The van der Waals surface area contributed by atoms with E-state index in [-0.39, 0.29) is 36.1 Å². The van der Waals surface area contributed by atoms with Crippen LogP contribution in [-0.2, 0) is 11.3 Å². The summed E-state index contributed by atoms with van der Waals surface area (Å²) in [5.41, 5.74) is -0.460. The number of guanidine groups is 1. The highest BCUT2D eigenvalue weighted by molar-refractivity contribution is 14.0. The highest BCUT2D eigenvalue weighted by Gasteiger charge is 2.35. The van der Waals surface area contributed by atoms with Gasteiger partial charge in [-0.3, -0.25) is 9.67 Å². The first kappa shape index (κ1) is 26.7. The van der Waals surface area contributed by atoms with Gasteiger partial charge in [0, 0.05) is 58.2 Å². The molecule has 1 atom stereocenters. The number of piperidine rings is 1. The molecule has 0 aromatic carbocycles. The number of ether oxygens (including phenoxy) is 1. The van der Waals surface area contributed by atoms with Crippen molar-refractivity contribution in [1.29, 1.82) is 0 Å². The van der Waals surface area contributed by atoms with E-state index in [0.29, 0.717) is 11.8 Å². The first-order chi connectivity index (χ1) is 14.7. The van der Waals surface area contributed by atoms with Crippen molar-refractivity contribution in [3.05, 3.63) is 18.5 Å². The number of aliphatic imine (C=N–C) groups is 1. The average Bonchev–Trinajstić information content (AvgIpc) is 3.39. The van der Waals surface area contributed by atoms with Crippen molar-refractivity contribution >= 4 is 36.0 Å². The first-order valence-corrected chi connectivity index (χ1v) is 11.7. The minimum absolute atomic E-state index is 0. The lowest BCUT2D eigenvalue weighted by Gasteiger charge is -2.40. The van der Waals surface area contributed by atoms with Crippen molar-refractivity contribution < 1.29 is 9.53 Å². The van der Waals surface area contributed by atoms with Crippen molar-refractivity contribution in [2.75, 3.05) is 33.2 Å². The minimum Gasteiger partial charge on any atom is -0.444 e. The summed E-state index contributed by atoms with van der Waals surface area (Å²) in [7, 11) is 1.84. The number of nitrogens with zero attached hydrogens (tertiary/aromatic N) is 5. The number of halogens is 1. The summed E-state index contributed by atoms with van der Waals surface area (Å²) in [6.07, 6.45) is 7.98. The predicted octanol–water partition coefficient (Wildman–Crippen LogP) is 3.82. The molecule has 1 N–H and O–H groups in total. The number of aromatic nitrogens is 2. The summed E-state index contributed by atoms with van der Waals surface area (Å²) < 4.78 is 7.68. The van der Waals surface area contributed by atoms with Crippen molar-refractivity contribution in [3.63, 3.8) is 0 Å². The van der Waals surface area contributed by atoms with Gasteiger partial charge in [0.2, 0.25) is 0 Å². The van der Waals surface area contributed by atoms with Gasteiger partial charge in [0.05, 0.1) is 0 Å². The Balaban J connectivity index is 0.00000363. The fourth-order valence-electron chi connectivity index (χ4n) is 4.05. The van der Waals surface area contributed by atoms with E-state index in [1.54, 1.807) is 0 Å². The van der Waals surface area contributed by atoms with Gasteiger partial charge in [-0.25, -0.2) is 4.79 Å². The number of hydrogen-bond donors (Lipinski definition) is 1. The first-order valence-electron chi connectivity index (χ1n) is 11.7. The Bertz CT molecular complexity index is 721. The molecule has 9 heteroatoms. The Kier molecular flexibility index (Phi) is 10.1. The van der Waals surface area contributed by atoms with Crippen LogP contribution < -0.4 is 5.32 Å². The molecule has 1 aliphatic heterocycles. The van der Waals surface area contributed by atoms with Crippen LogP contribution in [0.2, 0.25) is 0 Å². The van der Waals surface area contributed by atoms with Crippen LogP contribution in [0.5, 0.6) is 0 Å². The van der Waals surface area contributed by atoms with Crippen LogP contribution >= 0.6 is 24.0 Å². The molecule has 182 valence electrons. The Morgan fingerprint density at radius 3 is 2.50 bits per heavy atom. The molecule has 1 aromatic heterocycles. The summed E-state index contributed by atoms with van der Waals surface area (Å²) in [5, 5.41) is 7.81. The van der Waals surface area contributed by atoms with Gasteiger partial charge in [-0.15, -0.1) is 24.0 Å². The molecule has 2 fully saturated rings. The third-order valence-electron chi connectivity index (χ3n) is 5.86. The number of carbonyl (C=O) groups excluding carboxylic acids is 1. The van der Waals surface area contributed by atoms with Gasteiger partial charge >= 0.3 is 6.09 Å². The maximum absolute atomic E-state index is 12.8. The molecule has 1 aliphatic carbocycles. The van der Waals surface area contributed by atoms with E-state index in [2.05, 4.69) is 27.2 Å². The SMILES string of the molecule is CN=C(NCC(C)Cn1cccn1)N1CCC(N(CC2CC2)C(=O)OC(C)(C)C)CC1.I. The van der Waals surface area contributed by atoms with Gasteiger partial charge in [-0.05, 0) is 64.4 Å². The zero-order valence-electron chi connectivity index (χ0n) is 20.3. The van der Waals surface area contributed by atoms with E-state index >= 15 is 0 Å². The molecule has 1 saturated heterocycles.